The summed E-state index contributed by atoms with van der Waals surface area (Å²) in [5, 5.41) is 12.2. The predicted molar refractivity (Wildman–Crippen MR) is 85.3 cm³/mol. The van der Waals surface area contributed by atoms with Crippen LogP contribution in [0.5, 0.6) is 0 Å². The minimum atomic E-state index is 0. The molecule has 21 heavy (non-hydrogen) atoms. The molecule has 1 aromatic rings. The number of piperazine rings is 1. The van der Waals surface area contributed by atoms with Gasteiger partial charge in [0.2, 0.25) is 0 Å². The van der Waals surface area contributed by atoms with Crippen LogP contribution in [0, 0.1) is 0 Å². The molecule has 0 aromatic heterocycles. The van der Waals surface area contributed by atoms with Gasteiger partial charge in [-0.1, -0.05) is 0 Å². The molecule has 6 heteroatoms. The van der Waals surface area contributed by atoms with E-state index in [2.05, 4.69) is 10.2 Å². The molecule has 1 saturated heterocycles. The van der Waals surface area contributed by atoms with E-state index >= 15 is 0 Å². The summed E-state index contributed by atoms with van der Waals surface area (Å²) in [5.74, 6) is 0.128. The van der Waals surface area contributed by atoms with Crippen molar-refractivity contribution in [3.8, 4) is 0 Å². The van der Waals surface area contributed by atoms with Gasteiger partial charge in [0, 0.05) is 50.5 Å². The average Bonchev–Trinajstić information content (AvgIpc) is 2.95. The number of benzene rings is 1. The van der Waals surface area contributed by atoms with E-state index in [0.29, 0.717) is 6.54 Å². The summed E-state index contributed by atoms with van der Waals surface area (Å²) in [5.41, 5.74) is 3.20. The molecule has 2 aliphatic heterocycles. The number of carbonyl (C=O) groups is 1. The van der Waals surface area contributed by atoms with Crippen LogP contribution in [0.4, 0.5) is 5.69 Å². The maximum Gasteiger partial charge on any atom is 0.253 e. The number of nitrogens with one attached hydrogen (secondary N) is 1. The van der Waals surface area contributed by atoms with Crippen LogP contribution in [0.1, 0.15) is 15.9 Å². The molecule has 1 amide bonds. The highest BCUT2D eigenvalue weighted by Crippen LogP contribution is 2.23. The molecule has 2 N–H and O–H groups in total. The fraction of sp³-hybridized carbons (Fsp3) is 0.533. The fourth-order valence-corrected chi connectivity index (χ4v) is 2.94. The maximum atomic E-state index is 12.5. The second-order valence-electron chi connectivity index (χ2n) is 5.41. The van der Waals surface area contributed by atoms with Crippen LogP contribution < -0.4 is 5.32 Å². The van der Waals surface area contributed by atoms with Crippen LogP contribution in [-0.2, 0) is 6.42 Å². The summed E-state index contributed by atoms with van der Waals surface area (Å²) in [6, 6.07) is 5.95. The fourth-order valence-electron chi connectivity index (χ4n) is 2.94. The van der Waals surface area contributed by atoms with E-state index in [1.165, 1.54) is 5.56 Å². The third-order valence-electron chi connectivity index (χ3n) is 4.14. The van der Waals surface area contributed by atoms with Crippen molar-refractivity contribution in [3.63, 3.8) is 0 Å². The van der Waals surface area contributed by atoms with Gasteiger partial charge in [-0.05, 0) is 30.2 Å². The first-order valence-electron chi connectivity index (χ1n) is 7.27. The molecule has 1 aromatic carbocycles. The monoisotopic (exact) mass is 311 g/mol. The van der Waals surface area contributed by atoms with Crippen LogP contribution in [-0.4, -0.2) is 66.7 Å². The van der Waals surface area contributed by atoms with Gasteiger partial charge < -0.3 is 15.3 Å². The van der Waals surface area contributed by atoms with E-state index in [1.54, 1.807) is 0 Å². The molecule has 2 aliphatic rings. The van der Waals surface area contributed by atoms with Crippen molar-refractivity contribution in [3.05, 3.63) is 29.3 Å². The molecule has 0 radical (unpaired) electrons. The Morgan fingerprint density at radius 3 is 2.71 bits per heavy atom. The van der Waals surface area contributed by atoms with Gasteiger partial charge in [-0.25, -0.2) is 0 Å². The van der Waals surface area contributed by atoms with E-state index in [1.807, 2.05) is 23.1 Å². The second-order valence-corrected chi connectivity index (χ2v) is 5.41. The number of aliphatic hydroxyl groups excluding tert-OH is 1. The molecule has 116 valence electrons. The van der Waals surface area contributed by atoms with Gasteiger partial charge in [-0.15, -0.1) is 12.4 Å². The summed E-state index contributed by atoms with van der Waals surface area (Å²) < 4.78 is 0. The third-order valence-corrected chi connectivity index (χ3v) is 4.14. The molecule has 0 saturated carbocycles. The Labute approximate surface area is 131 Å². The number of aliphatic hydroxyl groups is 1. The van der Waals surface area contributed by atoms with Crippen molar-refractivity contribution in [1.29, 1.82) is 0 Å². The van der Waals surface area contributed by atoms with Crippen molar-refractivity contribution >= 4 is 24.0 Å². The van der Waals surface area contributed by atoms with Gasteiger partial charge in [0.15, 0.2) is 0 Å². The summed E-state index contributed by atoms with van der Waals surface area (Å²) in [4.78, 5) is 16.6. The molecule has 5 nitrogen and oxygen atoms in total. The van der Waals surface area contributed by atoms with Crippen molar-refractivity contribution in [1.82, 2.24) is 9.80 Å². The number of amides is 1. The molecule has 0 spiro atoms. The van der Waals surface area contributed by atoms with Gasteiger partial charge in [0.1, 0.15) is 0 Å². The summed E-state index contributed by atoms with van der Waals surface area (Å²) in [6.45, 7) is 5.03. The number of carbonyl (C=O) groups excluding carboxylic acids is 1. The lowest BCUT2D eigenvalue weighted by molar-refractivity contribution is 0.0615. The summed E-state index contributed by atoms with van der Waals surface area (Å²) in [7, 11) is 0. The molecule has 0 bridgehead atoms. The summed E-state index contributed by atoms with van der Waals surface area (Å²) >= 11 is 0. The van der Waals surface area contributed by atoms with Gasteiger partial charge in [-0.3, -0.25) is 9.69 Å². The normalized spacial score (nSPS) is 17.9. The Kier molecular flexibility index (Phi) is 5.45. The number of hydrogen-bond donors (Lipinski definition) is 2. The standard InChI is InChI=1S/C15H21N3O2.ClH/c19-10-9-17-5-7-18(8-6-17)15(20)13-1-2-14-12(11-13)3-4-16-14;/h1-2,11,16,19H,3-10H2;1H. The Morgan fingerprint density at radius 1 is 1.24 bits per heavy atom. The maximum absolute atomic E-state index is 12.5. The van der Waals surface area contributed by atoms with Crippen LogP contribution in [0.2, 0.25) is 0 Å². The van der Waals surface area contributed by atoms with E-state index in [0.717, 1.165) is 50.4 Å². The Morgan fingerprint density at radius 2 is 2.00 bits per heavy atom. The Hall–Kier alpha value is -1.30. The van der Waals surface area contributed by atoms with E-state index in [9.17, 15) is 4.79 Å². The number of β-amino-alcohol motifs (C(OH)–C–C–N with tert-alkyl or cyclic N) is 1. The van der Waals surface area contributed by atoms with Gasteiger partial charge in [0.05, 0.1) is 6.61 Å². The SMILES string of the molecule is Cl.O=C(c1ccc2c(c1)CCN2)N1CCN(CCO)CC1. The molecule has 1 fully saturated rings. The van der Waals surface area contributed by atoms with Gasteiger partial charge in [0.25, 0.3) is 5.91 Å². The molecule has 2 heterocycles. The summed E-state index contributed by atoms with van der Waals surface area (Å²) in [6.07, 6.45) is 1.00. The molecular weight excluding hydrogens is 290 g/mol. The lowest BCUT2D eigenvalue weighted by Gasteiger charge is -2.34. The van der Waals surface area contributed by atoms with Gasteiger partial charge >= 0.3 is 0 Å². The molecule has 0 unspecified atom stereocenters. The largest absolute Gasteiger partial charge is 0.395 e. The minimum absolute atomic E-state index is 0. The highest BCUT2D eigenvalue weighted by Gasteiger charge is 2.22. The van der Waals surface area contributed by atoms with Crippen LogP contribution >= 0.6 is 12.4 Å². The predicted octanol–water partition coefficient (Wildman–Crippen LogP) is 0.827. The molecular formula is C15H22ClN3O2. The molecule has 0 atom stereocenters. The highest BCUT2D eigenvalue weighted by molar-refractivity contribution is 5.95. The third kappa shape index (κ3) is 3.48. The van der Waals surface area contributed by atoms with E-state index < -0.39 is 0 Å². The lowest BCUT2D eigenvalue weighted by Crippen LogP contribution is -2.49. The van der Waals surface area contributed by atoms with Crippen LogP contribution in [0.15, 0.2) is 18.2 Å². The van der Waals surface area contributed by atoms with Crippen LogP contribution in [0.3, 0.4) is 0 Å². The zero-order valence-corrected chi connectivity index (χ0v) is 12.9. The van der Waals surface area contributed by atoms with Crippen molar-refractivity contribution in [2.24, 2.45) is 0 Å². The number of anilines is 1. The van der Waals surface area contributed by atoms with E-state index in [-0.39, 0.29) is 24.9 Å². The second kappa shape index (κ2) is 7.11. The van der Waals surface area contributed by atoms with Crippen LogP contribution in [0.25, 0.3) is 0 Å². The Bertz CT molecular complexity index is 502. The number of fused-ring (bicyclic) bond motifs is 1. The zero-order valence-electron chi connectivity index (χ0n) is 12.0. The Balaban J connectivity index is 0.00000161. The van der Waals surface area contributed by atoms with Gasteiger partial charge in [-0.2, -0.15) is 0 Å². The zero-order chi connectivity index (χ0) is 13.9. The van der Waals surface area contributed by atoms with Crippen molar-refractivity contribution in [2.45, 2.75) is 6.42 Å². The highest BCUT2D eigenvalue weighted by atomic mass is 35.5. The minimum Gasteiger partial charge on any atom is -0.395 e. The number of halogens is 1. The average molecular weight is 312 g/mol. The first-order valence-corrected chi connectivity index (χ1v) is 7.27. The number of rotatable bonds is 3. The lowest BCUT2D eigenvalue weighted by atomic mass is 10.1. The topological polar surface area (TPSA) is 55.8 Å². The first kappa shape index (κ1) is 16.1. The smallest absolute Gasteiger partial charge is 0.253 e. The van der Waals surface area contributed by atoms with Crippen molar-refractivity contribution < 1.29 is 9.90 Å². The number of hydrogen-bond acceptors (Lipinski definition) is 4. The molecule has 3 rings (SSSR count). The van der Waals surface area contributed by atoms with Crippen molar-refractivity contribution in [2.75, 3.05) is 51.2 Å². The molecule has 0 aliphatic carbocycles. The first-order chi connectivity index (χ1) is 9.78. The number of nitrogens with zero attached hydrogens (tertiary/aromatic N) is 2. The quantitative estimate of drug-likeness (QED) is 0.868. The van der Waals surface area contributed by atoms with E-state index in [4.69, 9.17) is 5.11 Å².